The highest BCUT2D eigenvalue weighted by Gasteiger charge is 2.42. The maximum absolute atomic E-state index is 2.87. The molecule has 7 aromatic carbocycles. The molecule has 242 valence electrons. The van der Waals surface area contributed by atoms with E-state index in [9.17, 15) is 0 Å². The molecule has 10 rings (SSSR count). The lowest BCUT2D eigenvalue weighted by atomic mass is 10.0. The minimum atomic E-state index is -2.87. The van der Waals surface area contributed by atoms with Crippen LogP contribution in [0.5, 0.6) is 0 Å². The maximum Gasteiger partial charge on any atom is 0.179 e. The van der Waals surface area contributed by atoms with Gasteiger partial charge in [-0.15, -0.1) is 0 Å². The first-order valence-electron chi connectivity index (χ1n) is 17.9. The van der Waals surface area contributed by atoms with Crippen molar-refractivity contribution in [2.24, 2.45) is 0 Å². The Labute approximate surface area is 299 Å². The molecule has 0 radical (unpaired) electrons. The predicted molar refractivity (Wildman–Crippen MR) is 219 cm³/mol. The fourth-order valence-corrected chi connectivity index (χ4v) is 13.6. The van der Waals surface area contributed by atoms with Gasteiger partial charge in [0, 0.05) is 38.8 Å². The molecule has 0 saturated heterocycles. The lowest BCUT2D eigenvalue weighted by Crippen LogP contribution is -2.74. The Bertz CT molecular complexity index is 2660. The molecule has 0 atom stereocenters. The molecule has 0 unspecified atom stereocenters. The van der Waals surface area contributed by atoms with Gasteiger partial charge in [-0.2, -0.15) is 0 Å². The Morgan fingerprint density at radius 1 is 0.392 bits per heavy atom. The topological polar surface area (TPSA) is 9.86 Å². The van der Waals surface area contributed by atoms with Crippen molar-refractivity contribution >= 4 is 67.6 Å². The summed E-state index contributed by atoms with van der Waals surface area (Å²) in [5.41, 5.74) is 8.88. The van der Waals surface area contributed by atoms with Crippen molar-refractivity contribution in [3.63, 3.8) is 0 Å². The predicted octanol–water partition coefficient (Wildman–Crippen LogP) is 9.06. The molecule has 2 heterocycles. The fraction of sp³-hybridized carbons (Fsp3) is 0.0417. The van der Waals surface area contributed by atoms with E-state index in [0.717, 1.165) is 12.8 Å². The molecule has 0 spiro atoms. The first-order chi connectivity index (χ1) is 25.3. The van der Waals surface area contributed by atoms with Crippen LogP contribution in [0.4, 0.5) is 0 Å². The number of hydrogen-bond acceptors (Lipinski definition) is 0. The molecule has 0 amide bonds. The third-order valence-corrected chi connectivity index (χ3v) is 15.7. The van der Waals surface area contributed by atoms with Gasteiger partial charge in [-0.3, -0.25) is 0 Å². The van der Waals surface area contributed by atoms with Crippen LogP contribution in [0.15, 0.2) is 188 Å². The number of aromatic nitrogens is 2. The van der Waals surface area contributed by atoms with Crippen LogP contribution in [-0.2, 0) is 6.42 Å². The van der Waals surface area contributed by atoms with Gasteiger partial charge in [0.15, 0.2) is 8.07 Å². The van der Waals surface area contributed by atoms with Crippen LogP contribution in [0.1, 0.15) is 17.7 Å². The average molecular weight is 669 g/mol. The minimum Gasteiger partial charge on any atom is -0.313 e. The highest BCUT2D eigenvalue weighted by Crippen LogP contribution is 2.34. The van der Waals surface area contributed by atoms with E-state index in [4.69, 9.17) is 0 Å². The normalized spacial score (nSPS) is 12.9. The summed E-state index contributed by atoms with van der Waals surface area (Å²) < 4.78 is 4.98. The Balaban J connectivity index is 1.27. The zero-order valence-electron chi connectivity index (χ0n) is 28.3. The largest absolute Gasteiger partial charge is 0.313 e. The summed E-state index contributed by atoms with van der Waals surface area (Å²) in [5, 5.41) is 9.34. The van der Waals surface area contributed by atoms with Crippen LogP contribution in [0.25, 0.3) is 50.2 Å². The van der Waals surface area contributed by atoms with E-state index in [1.807, 2.05) is 0 Å². The van der Waals surface area contributed by atoms with Crippen molar-refractivity contribution in [2.45, 2.75) is 12.8 Å². The number of rotatable bonds is 6. The molecule has 0 fully saturated rings. The van der Waals surface area contributed by atoms with E-state index in [2.05, 4.69) is 203 Å². The Morgan fingerprint density at radius 2 is 0.843 bits per heavy atom. The molecule has 2 aromatic heterocycles. The van der Waals surface area contributed by atoms with Crippen LogP contribution in [-0.4, -0.2) is 17.2 Å². The summed E-state index contributed by atoms with van der Waals surface area (Å²) in [5.74, 6) is 0. The molecular formula is C48H36N2Si. The van der Waals surface area contributed by atoms with Gasteiger partial charge in [0.2, 0.25) is 0 Å². The summed E-state index contributed by atoms with van der Waals surface area (Å²) >= 11 is 0. The van der Waals surface area contributed by atoms with Crippen LogP contribution in [0.3, 0.4) is 0 Å². The van der Waals surface area contributed by atoms with Crippen LogP contribution >= 0.6 is 0 Å². The van der Waals surface area contributed by atoms with Crippen LogP contribution < -0.4 is 20.7 Å². The first kappa shape index (κ1) is 29.7. The number of fused-ring (bicyclic) bond motifs is 6. The van der Waals surface area contributed by atoms with Gasteiger partial charge in [0.05, 0.1) is 16.6 Å². The second-order valence-electron chi connectivity index (χ2n) is 13.6. The van der Waals surface area contributed by atoms with Gasteiger partial charge in [0.1, 0.15) is 0 Å². The number of benzene rings is 7. The number of para-hydroxylation sites is 3. The summed E-state index contributed by atoms with van der Waals surface area (Å²) in [6.07, 6.45) is 6.74. The summed E-state index contributed by atoms with van der Waals surface area (Å²) in [7, 11) is -2.87. The zero-order valence-corrected chi connectivity index (χ0v) is 29.3. The third-order valence-electron chi connectivity index (χ3n) is 10.9. The van der Waals surface area contributed by atoms with Gasteiger partial charge in [0.25, 0.3) is 0 Å². The summed E-state index contributed by atoms with van der Waals surface area (Å²) in [6.45, 7) is 0. The standard InChI is InChI=1S/C48H36N2Si/c1-3-19-37(20-4-1)51(38-21-5-2-6-22-38,39-23-15-17-35(33-39)49-45-29-11-7-25-41(45)42-26-8-12-30-46(42)49)40-24-16-18-36(34-40)50-47-31-13-9-27-43(47)44-28-10-14-32-48(44)50/h1-13,15-31,33-34H,14,32H2. The SMILES string of the molecule is C1=Cc2c(n(-c3cccc([Si](c4ccccc4)(c4ccccc4)c4cccc(-n5c6ccccc6c6ccccc65)c4)c3)c3ccccc23)CC1. The van der Waals surface area contributed by atoms with E-state index < -0.39 is 8.07 Å². The highest BCUT2D eigenvalue weighted by atomic mass is 28.3. The monoisotopic (exact) mass is 668 g/mol. The first-order valence-corrected chi connectivity index (χ1v) is 19.9. The molecule has 1 aliphatic carbocycles. The Morgan fingerprint density at radius 3 is 1.41 bits per heavy atom. The third kappa shape index (κ3) is 4.55. The average Bonchev–Trinajstić information content (AvgIpc) is 3.73. The highest BCUT2D eigenvalue weighted by molar-refractivity contribution is 7.20. The second kappa shape index (κ2) is 12.0. The molecule has 0 aliphatic heterocycles. The number of hydrogen-bond donors (Lipinski definition) is 0. The lowest BCUT2D eigenvalue weighted by molar-refractivity contribution is 0.889. The van der Waals surface area contributed by atoms with Gasteiger partial charge in [-0.25, -0.2) is 0 Å². The van der Waals surface area contributed by atoms with Crippen molar-refractivity contribution < 1.29 is 0 Å². The smallest absolute Gasteiger partial charge is 0.179 e. The summed E-state index contributed by atoms with van der Waals surface area (Å²) in [6, 6.07) is 67.9. The van der Waals surface area contributed by atoms with Crippen molar-refractivity contribution in [1.29, 1.82) is 0 Å². The van der Waals surface area contributed by atoms with E-state index in [-0.39, 0.29) is 0 Å². The number of nitrogens with zero attached hydrogens (tertiary/aromatic N) is 2. The minimum absolute atomic E-state index is 1.03. The molecule has 0 saturated carbocycles. The van der Waals surface area contributed by atoms with Crippen molar-refractivity contribution in [3.8, 4) is 11.4 Å². The van der Waals surface area contributed by atoms with Gasteiger partial charge >= 0.3 is 0 Å². The molecular weight excluding hydrogens is 633 g/mol. The van der Waals surface area contributed by atoms with Crippen LogP contribution in [0, 0.1) is 0 Å². The maximum atomic E-state index is 2.53. The molecule has 2 nitrogen and oxygen atoms in total. The zero-order chi connectivity index (χ0) is 33.8. The Hall–Kier alpha value is -6.16. The quantitative estimate of drug-likeness (QED) is 0.124. The Kier molecular flexibility index (Phi) is 7.00. The molecule has 0 bridgehead atoms. The van der Waals surface area contributed by atoms with Gasteiger partial charge < -0.3 is 9.13 Å². The van der Waals surface area contributed by atoms with E-state index in [1.54, 1.807) is 0 Å². The lowest BCUT2D eigenvalue weighted by Gasteiger charge is -2.35. The van der Waals surface area contributed by atoms with E-state index in [0.29, 0.717) is 0 Å². The van der Waals surface area contributed by atoms with Crippen molar-refractivity contribution in [2.75, 3.05) is 0 Å². The van der Waals surface area contributed by atoms with Gasteiger partial charge in [-0.1, -0.05) is 152 Å². The molecule has 1 aliphatic rings. The molecule has 3 heteroatoms. The second-order valence-corrected chi connectivity index (χ2v) is 17.4. The van der Waals surface area contributed by atoms with Gasteiger partial charge in [-0.05, 0) is 76.1 Å². The van der Waals surface area contributed by atoms with Crippen molar-refractivity contribution in [3.05, 3.63) is 199 Å². The molecule has 9 aromatic rings. The number of allylic oxidation sites excluding steroid dienone is 1. The van der Waals surface area contributed by atoms with Crippen molar-refractivity contribution in [1.82, 2.24) is 9.13 Å². The van der Waals surface area contributed by atoms with E-state index in [1.165, 1.54) is 76.1 Å². The van der Waals surface area contributed by atoms with E-state index >= 15 is 0 Å². The molecule has 51 heavy (non-hydrogen) atoms. The van der Waals surface area contributed by atoms with Crippen LogP contribution in [0.2, 0.25) is 0 Å². The molecule has 0 N–H and O–H groups in total. The summed E-state index contributed by atoms with van der Waals surface area (Å²) in [4.78, 5) is 0. The fourth-order valence-electron chi connectivity index (χ4n) is 8.80.